The Morgan fingerprint density at radius 2 is 1.61 bits per heavy atom. The number of aryl methyl sites for hydroxylation is 3. The van der Waals surface area contributed by atoms with E-state index in [1.807, 2.05) is 75.1 Å². The Hall–Kier alpha value is -5.16. The van der Waals surface area contributed by atoms with Crippen molar-refractivity contribution in [1.82, 2.24) is 19.8 Å². The number of amides is 2. The topological polar surface area (TPSA) is 112 Å². The van der Waals surface area contributed by atoms with Crippen molar-refractivity contribution in [3.05, 3.63) is 89.1 Å². The number of carbonyl (C=O) groups excluding carboxylic acids is 2. The summed E-state index contributed by atoms with van der Waals surface area (Å²) in [5.41, 5.74) is 5.60. The number of nitrogens with one attached hydrogen (secondary N) is 2. The Morgan fingerprint density at radius 1 is 0.918 bits per heavy atom. The number of methoxy groups -OCH3 is 1. The third kappa shape index (κ3) is 8.85. The van der Waals surface area contributed by atoms with Crippen LogP contribution in [0, 0.1) is 13.8 Å². The maximum Gasteiger partial charge on any atom is 0.262 e. The molecule has 0 atom stereocenters. The van der Waals surface area contributed by atoms with Gasteiger partial charge in [-0.1, -0.05) is 24.3 Å². The normalized spacial score (nSPS) is 13.1. The summed E-state index contributed by atoms with van der Waals surface area (Å²) < 4.78 is 12.0. The second kappa shape index (κ2) is 16.3. The highest BCUT2D eigenvalue weighted by molar-refractivity contribution is 6.06. The van der Waals surface area contributed by atoms with E-state index in [1.165, 1.54) is 6.20 Å². The number of hydrogen-bond acceptors (Lipinski definition) is 9. The summed E-state index contributed by atoms with van der Waals surface area (Å²) in [6, 6.07) is 19.5. The minimum atomic E-state index is -0.407. The van der Waals surface area contributed by atoms with Gasteiger partial charge < -0.3 is 34.8 Å². The van der Waals surface area contributed by atoms with Gasteiger partial charge in [0.05, 0.1) is 7.11 Å². The molecular weight excluding hydrogens is 618 g/mol. The third-order valence-corrected chi connectivity index (χ3v) is 8.89. The summed E-state index contributed by atoms with van der Waals surface area (Å²) in [4.78, 5) is 42.1. The Bertz CT molecular complexity index is 1730. The zero-order valence-corrected chi connectivity index (χ0v) is 29.4. The van der Waals surface area contributed by atoms with E-state index in [0.29, 0.717) is 37.4 Å². The van der Waals surface area contributed by atoms with Crippen LogP contribution in [0.15, 0.2) is 66.9 Å². The molecule has 1 aliphatic rings. The lowest BCUT2D eigenvalue weighted by atomic mass is 10.1. The summed E-state index contributed by atoms with van der Waals surface area (Å²) in [5, 5.41) is 6.29. The highest BCUT2D eigenvalue weighted by Crippen LogP contribution is 2.35. The van der Waals surface area contributed by atoms with Crippen LogP contribution in [0.25, 0.3) is 0 Å². The molecule has 0 aliphatic carbocycles. The Labute approximate surface area is 289 Å². The summed E-state index contributed by atoms with van der Waals surface area (Å²) >= 11 is 0. The van der Waals surface area contributed by atoms with Gasteiger partial charge in [-0.05, 0) is 94.3 Å². The van der Waals surface area contributed by atoms with Crippen molar-refractivity contribution in [3.8, 4) is 17.4 Å². The number of piperazine rings is 1. The lowest BCUT2D eigenvalue weighted by Gasteiger charge is -2.34. The number of para-hydroxylation sites is 1. The van der Waals surface area contributed by atoms with Gasteiger partial charge in [-0.15, -0.1) is 0 Å². The van der Waals surface area contributed by atoms with Crippen LogP contribution in [-0.4, -0.2) is 85.0 Å². The molecule has 5 rings (SSSR count). The molecule has 49 heavy (non-hydrogen) atoms. The van der Waals surface area contributed by atoms with E-state index in [2.05, 4.69) is 49.6 Å². The molecule has 258 valence electrons. The van der Waals surface area contributed by atoms with Gasteiger partial charge in [0, 0.05) is 68.9 Å². The molecule has 2 N–H and O–H groups in total. The first-order valence-corrected chi connectivity index (χ1v) is 16.9. The predicted octanol–water partition coefficient (Wildman–Crippen LogP) is 6.44. The first kappa shape index (κ1) is 35.2. The number of nitrogens with zero attached hydrogens (tertiary/aromatic N) is 5. The first-order chi connectivity index (χ1) is 23.7. The van der Waals surface area contributed by atoms with E-state index in [4.69, 9.17) is 9.47 Å². The standard InChI is InChI=1S/C38H47N7O4/c1-7-44(8-2)34(46)19-13-28-12-18-32(48-6)33(24-28)49-37-31(36(47)41-35-26(3)10-9-11-27(35)4)25-39-38(42-37)40-29-14-16-30(17-15-29)45-22-20-43(5)21-23-45/h9-12,14-18,24-25H,7-8,13,19-23H2,1-6H3,(H,41,47)(H,39,40,42). The monoisotopic (exact) mass is 665 g/mol. The minimum Gasteiger partial charge on any atom is -0.493 e. The Balaban J connectivity index is 1.43. The first-order valence-electron chi connectivity index (χ1n) is 16.9. The molecule has 0 radical (unpaired) electrons. The number of benzene rings is 3. The smallest absolute Gasteiger partial charge is 0.262 e. The van der Waals surface area contributed by atoms with Crippen LogP contribution < -0.4 is 25.0 Å². The SMILES string of the molecule is CCN(CC)C(=O)CCc1ccc(OC)c(Oc2nc(Nc3ccc(N4CCN(C)CC4)cc3)ncc2C(=O)Nc2c(C)cccc2C)c1. The number of carbonyl (C=O) groups is 2. The average molecular weight is 666 g/mol. The molecule has 1 fully saturated rings. The van der Waals surface area contributed by atoms with Gasteiger partial charge in [-0.2, -0.15) is 4.98 Å². The van der Waals surface area contributed by atoms with Crippen LogP contribution >= 0.6 is 0 Å². The summed E-state index contributed by atoms with van der Waals surface area (Å²) in [7, 11) is 3.70. The Kier molecular flexibility index (Phi) is 11.7. The maximum absolute atomic E-state index is 13.8. The average Bonchev–Trinajstić information content (AvgIpc) is 3.10. The van der Waals surface area contributed by atoms with Gasteiger partial charge in [0.15, 0.2) is 11.5 Å². The van der Waals surface area contributed by atoms with Crippen molar-refractivity contribution in [2.45, 2.75) is 40.5 Å². The lowest BCUT2D eigenvalue weighted by Crippen LogP contribution is -2.44. The summed E-state index contributed by atoms with van der Waals surface area (Å²) in [5.74, 6) is 0.855. The van der Waals surface area contributed by atoms with Crippen LogP contribution in [0.4, 0.5) is 23.0 Å². The number of rotatable bonds is 13. The number of anilines is 4. The fourth-order valence-electron chi connectivity index (χ4n) is 5.85. The molecule has 11 nitrogen and oxygen atoms in total. The molecule has 0 unspecified atom stereocenters. The van der Waals surface area contributed by atoms with Crippen molar-refractivity contribution in [2.24, 2.45) is 0 Å². The zero-order valence-electron chi connectivity index (χ0n) is 29.4. The number of ether oxygens (including phenoxy) is 2. The van der Waals surface area contributed by atoms with Crippen molar-refractivity contribution in [3.63, 3.8) is 0 Å². The fourth-order valence-corrected chi connectivity index (χ4v) is 5.85. The third-order valence-electron chi connectivity index (χ3n) is 8.89. The summed E-state index contributed by atoms with van der Waals surface area (Å²) in [6.45, 7) is 13.2. The van der Waals surface area contributed by atoms with Crippen molar-refractivity contribution < 1.29 is 19.1 Å². The lowest BCUT2D eigenvalue weighted by molar-refractivity contribution is -0.130. The molecular formula is C38H47N7O4. The number of hydrogen-bond donors (Lipinski definition) is 2. The van der Waals surface area contributed by atoms with Crippen molar-refractivity contribution >= 4 is 34.8 Å². The van der Waals surface area contributed by atoms with Gasteiger partial charge >= 0.3 is 0 Å². The van der Waals surface area contributed by atoms with Gasteiger partial charge in [-0.25, -0.2) is 4.98 Å². The molecule has 11 heteroatoms. The predicted molar refractivity (Wildman–Crippen MR) is 195 cm³/mol. The van der Waals surface area contributed by atoms with E-state index in [0.717, 1.165) is 59.9 Å². The molecule has 1 aromatic heterocycles. The molecule has 3 aromatic carbocycles. The molecule has 0 bridgehead atoms. The molecule has 0 spiro atoms. The maximum atomic E-state index is 13.8. The van der Waals surface area contributed by atoms with Crippen LogP contribution in [0.3, 0.4) is 0 Å². The van der Waals surface area contributed by atoms with Crippen molar-refractivity contribution in [1.29, 1.82) is 0 Å². The van der Waals surface area contributed by atoms with Gasteiger partial charge in [-0.3, -0.25) is 9.59 Å². The molecule has 2 heterocycles. The fraction of sp³-hybridized carbons (Fsp3) is 0.368. The van der Waals surface area contributed by atoms with E-state index in [9.17, 15) is 9.59 Å². The van der Waals surface area contributed by atoms with E-state index in [1.54, 1.807) is 13.2 Å². The highest BCUT2D eigenvalue weighted by Gasteiger charge is 2.21. The molecule has 0 saturated carbocycles. The van der Waals surface area contributed by atoms with Crippen LogP contribution in [0.5, 0.6) is 17.4 Å². The summed E-state index contributed by atoms with van der Waals surface area (Å²) in [6.07, 6.45) is 2.35. The highest BCUT2D eigenvalue weighted by atomic mass is 16.5. The molecule has 4 aromatic rings. The minimum absolute atomic E-state index is 0.0601. The second-order valence-electron chi connectivity index (χ2n) is 12.2. The molecule has 2 amide bonds. The van der Waals surface area contributed by atoms with Crippen LogP contribution in [-0.2, 0) is 11.2 Å². The van der Waals surface area contributed by atoms with E-state index >= 15 is 0 Å². The Morgan fingerprint density at radius 3 is 2.27 bits per heavy atom. The van der Waals surface area contributed by atoms with Crippen molar-refractivity contribution in [2.75, 3.05) is 69.0 Å². The number of likely N-dealkylation sites (N-methyl/N-ethyl adjacent to an activating group) is 1. The van der Waals surface area contributed by atoms with Gasteiger partial charge in [0.1, 0.15) is 5.56 Å². The van der Waals surface area contributed by atoms with Gasteiger partial charge in [0.25, 0.3) is 5.91 Å². The second-order valence-corrected chi connectivity index (χ2v) is 12.2. The molecule has 1 saturated heterocycles. The van der Waals surface area contributed by atoms with Crippen LogP contribution in [0.1, 0.15) is 47.3 Å². The van der Waals surface area contributed by atoms with E-state index < -0.39 is 5.91 Å². The zero-order chi connectivity index (χ0) is 34.9. The van der Waals surface area contributed by atoms with E-state index in [-0.39, 0.29) is 23.3 Å². The molecule has 1 aliphatic heterocycles. The number of aromatic nitrogens is 2. The largest absolute Gasteiger partial charge is 0.493 e. The van der Waals surface area contributed by atoms with Gasteiger partial charge in [0.2, 0.25) is 17.7 Å². The quantitative estimate of drug-likeness (QED) is 0.167. The van der Waals surface area contributed by atoms with Crippen LogP contribution in [0.2, 0.25) is 0 Å².